The summed E-state index contributed by atoms with van der Waals surface area (Å²) in [5.74, 6) is 0.528. The third kappa shape index (κ3) is 4.39. The third-order valence-corrected chi connectivity index (χ3v) is 6.47. The second-order valence-corrected chi connectivity index (χ2v) is 9.66. The average molecular weight is 441 g/mol. The number of hydrogen-bond acceptors (Lipinski definition) is 5. The molecule has 0 saturated heterocycles. The highest BCUT2D eigenvalue weighted by Crippen LogP contribution is 2.38. The molecule has 0 bridgehead atoms. The van der Waals surface area contributed by atoms with Gasteiger partial charge in [-0.1, -0.05) is 24.3 Å². The van der Waals surface area contributed by atoms with Crippen molar-refractivity contribution in [1.82, 2.24) is 24.4 Å². The van der Waals surface area contributed by atoms with Crippen LogP contribution < -0.4 is 0 Å². The molecule has 0 unspecified atom stereocenters. The van der Waals surface area contributed by atoms with Gasteiger partial charge in [-0.05, 0) is 50.7 Å². The highest BCUT2D eigenvalue weighted by molar-refractivity contribution is 5.83. The number of rotatable bonds is 5. The highest BCUT2D eigenvalue weighted by Gasteiger charge is 2.26. The van der Waals surface area contributed by atoms with Crippen LogP contribution in [0.25, 0.3) is 27.8 Å². The summed E-state index contributed by atoms with van der Waals surface area (Å²) in [6.45, 7) is 3.99. The molecule has 5 rings (SSSR count). The van der Waals surface area contributed by atoms with Crippen molar-refractivity contribution in [2.75, 3.05) is 0 Å². The van der Waals surface area contributed by atoms with Crippen molar-refractivity contribution in [3.8, 4) is 28.3 Å². The second-order valence-electron chi connectivity index (χ2n) is 9.66. The van der Waals surface area contributed by atoms with Gasteiger partial charge in [0.05, 0.1) is 41.8 Å². The molecule has 0 aliphatic heterocycles. The quantitative estimate of drug-likeness (QED) is 0.480. The van der Waals surface area contributed by atoms with Crippen molar-refractivity contribution in [3.05, 3.63) is 60.9 Å². The van der Waals surface area contributed by atoms with E-state index in [2.05, 4.69) is 40.5 Å². The van der Waals surface area contributed by atoms with Gasteiger partial charge in [-0.3, -0.25) is 9.67 Å². The molecule has 1 aliphatic rings. The van der Waals surface area contributed by atoms with Gasteiger partial charge in [0.2, 0.25) is 0 Å². The number of aromatic nitrogens is 5. The van der Waals surface area contributed by atoms with Crippen LogP contribution in [0.5, 0.6) is 0 Å². The van der Waals surface area contributed by atoms with E-state index in [9.17, 15) is 10.4 Å². The first-order valence-corrected chi connectivity index (χ1v) is 11.5. The van der Waals surface area contributed by atoms with Gasteiger partial charge in [0.15, 0.2) is 0 Å². The van der Waals surface area contributed by atoms with E-state index in [1.54, 1.807) is 18.5 Å². The van der Waals surface area contributed by atoms with Crippen LogP contribution in [-0.2, 0) is 6.54 Å². The first kappa shape index (κ1) is 21.4. The molecule has 7 nitrogen and oxygen atoms in total. The van der Waals surface area contributed by atoms with Crippen LogP contribution in [0.1, 0.15) is 51.1 Å². The van der Waals surface area contributed by atoms with Crippen molar-refractivity contribution in [1.29, 1.82) is 5.26 Å². The van der Waals surface area contributed by atoms with Gasteiger partial charge in [-0.15, -0.1) is 0 Å². The maximum Gasteiger partial charge on any atom is 0.0958 e. The summed E-state index contributed by atoms with van der Waals surface area (Å²) in [6.07, 6.45) is 13.3. The van der Waals surface area contributed by atoms with Crippen molar-refractivity contribution >= 4 is 5.52 Å². The zero-order valence-corrected chi connectivity index (χ0v) is 19.0. The summed E-state index contributed by atoms with van der Waals surface area (Å²) in [4.78, 5) is 4.76. The minimum absolute atomic E-state index is 0.172. The Labute approximate surface area is 193 Å². The SMILES string of the molecule is CC(C)(O)Cn1cc(-c2ccc(-c3cnn4ccnc(C5CCC(C#N)CC5)c34)cc2)cn1. The van der Waals surface area contributed by atoms with Crippen LogP contribution in [0.2, 0.25) is 0 Å². The van der Waals surface area contributed by atoms with Crippen molar-refractivity contribution in [2.45, 2.75) is 57.6 Å². The van der Waals surface area contributed by atoms with Crippen LogP contribution in [0.15, 0.2) is 55.2 Å². The second kappa shape index (κ2) is 8.45. The molecule has 1 fully saturated rings. The van der Waals surface area contributed by atoms with Crippen molar-refractivity contribution in [2.24, 2.45) is 5.92 Å². The Balaban J connectivity index is 1.44. The van der Waals surface area contributed by atoms with Crippen molar-refractivity contribution in [3.63, 3.8) is 0 Å². The van der Waals surface area contributed by atoms with E-state index in [0.29, 0.717) is 12.5 Å². The average Bonchev–Trinajstić information content (AvgIpc) is 3.45. The number of aliphatic hydroxyl groups is 1. The standard InChI is InChI=1S/C26H28N6O/c1-26(2,33)17-31-16-22(14-29-31)19-7-9-20(10-8-19)23-15-30-32-12-11-28-24(25(23)32)21-5-3-18(13-27)4-6-21/h7-12,14-16,18,21,33H,3-6,17H2,1-2H3. The molecule has 0 amide bonds. The van der Waals surface area contributed by atoms with Gasteiger partial charge < -0.3 is 5.11 Å². The monoisotopic (exact) mass is 440 g/mol. The summed E-state index contributed by atoms with van der Waals surface area (Å²) in [5.41, 5.74) is 5.59. The lowest BCUT2D eigenvalue weighted by Crippen LogP contribution is -2.26. The Bertz CT molecular complexity index is 1300. The first-order valence-electron chi connectivity index (χ1n) is 11.5. The molecule has 0 atom stereocenters. The summed E-state index contributed by atoms with van der Waals surface area (Å²) in [7, 11) is 0. The Kier molecular flexibility index (Phi) is 5.47. The predicted molar refractivity (Wildman–Crippen MR) is 126 cm³/mol. The maximum atomic E-state index is 10.0. The molecule has 1 saturated carbocycles. The Morgan fingerprint density at radius 3 is 2.45 bits per heavy atom. The molecule has 0 radical (unpaired) electrons. The number of hydrogen-bond donors (Lipinski definition) is 1. The van der Waals surface area contributed by atoms with Crippen molar-refractivity contribution < 1.29 is 5.11 Å². The molecule has 33 heavy (non-hydrogen) atoms. The van der Waals surface area contributed by atoms with Crippen LogP contribution >= 0.6 is 0 Å². The van der Waals surface area contributed by atoms with E-state index >= 15 is 0 Å². The minimum atomic E-state index is -0.809. The van der Waals surface area contributed by atoms with Gasteiger partial charge in [-0.2, -0.15) is 15.5 Å². The molecule has 4 aromatic rings. The van der Waals surface area contributed by atoms with E-state index in [0.717, 1.165) is 59.1 Å². The molecule has 1 N–H and O–H groups in total. The molecule has 3 aromatic heterocycles. The van der Waals surface area contributed by atoms with E-state index in [4.69, 9.17) is 4.98 Å². The largest absolute Gasteiger partial charge is 0.389 e. The lowest BCUT2D eigenvalue weighted by molar-refractivity contribution is 0.0577. The Morgan fingerprint density at radius 1 is 1.03 bits per heavy atom. The van der Waals surface area contributed by atoms with Crippen LogP contribution in [-0.4, -0.2) is 35.1 Å². The summed E-state index contributed by atoms with van der Waals surface area (Å²) in [5, 5.41) is 28.2. The normalized spacial score (nSPS) is 19.0. The Morgan fingerprint density at radius 2 is 1.76 bits per heavy atom. The lowest BCUT2D eigenvalue weighted by atomic mass is 9.80. The number of nitriles is 1. The highest BCUT2D eigenvalue weighted by atomic mass is 16.3. The van der Waals surface area contributed by atoms with Crippen LogP contribution in [0.3, 0.4) is 0 Å². The van der Waals surface area contributed by atoms with Gasteiger partial charge in [0, 0.05) is 41.6 Å². The van der Waals surface area contributed by atoms with Gasteiger partial charge in [-0.25, -0.2) is 4.52 Å². The zero-order valence-electron chi connectivity index (χ0n) is 19.0. The summed E-state index contributed by atoms with van der Waals surface area (Å²) < 4.78 is 3.69. The molecular formula is C26H28N6O. The number of nitrogens with zero attached hydrogens (tertiary/aromatic N) is 6. The Hall–Kier alpha value is -3.50. The topological polar surface area (TPSA) is 92.0 Å². The smallest absolute Gasteiger partial charge is 0.0958 e. The van der Waals surface area contributed by atoms with E-state index in [-0.39, 0.29) is 5.92 Å². The van der Waals surface area contributed by atoms with E-state index < -0.39 is 5.60 Å². The first-order chi connectivity index (χ1) is 15.9. The molecular weight excluding hydrogens is 412 g/mol. The molecule has 1 aromatic carbocycles. The fourth-order valence-electron chi connectivity index (χ4n) is 4.81. The van der Waals surface area contributed by atoms with Gasteiger partial charge >= 0.3 is 0 Å². The molecule has 3 heterocycles. The molecule has 1 aliphatic carbocycles. The zero-order chi connectivity index (χ0) is 23.0. The predicted octanol–water partition coefficient (Wildman–Crippen LogP) is 4.83. The fraction of sp³-hybridized carbons (Fsp3) is 0.385. The lowest BCUT2D eigenvalue weighted by Gasteiger charge is -2.24. The maximum absolute atomic E-state index is 10.0. The molecule has 168 valence electrons. The summed E-state index contributed by atoms with van der Waals surface area (Å²) in [6, 6.07) is 10.8. The van der Waals surface area contributed by atoms with Gasteiger partial charge in [0.25, 0.3) is 0 Å². The minimum Gasteiger partial charge on any atom is -0.389 e. The molecule has 0 spiro atoms. The third-order valence-electron chi connectivity index (χ3n) is 6.47. The summed E-state index contributed by atoms with van der Waals surface area (Å²) >= 11 is 0. The van der Waals surface area contributed by atoms with Crippen LogP contribution in [0.4, 0.5) is 0 Å². The van der Waals surface area contributed by atoms with Crippen LogP contribution in [0, 0.1) is 17.2 Å². The van der Waals surface area contributed by atoms with E-state index in [1.165, 1.54) is 0 Å². The fourth-order valence-corrected chi connectivity index (χ4v) is 4.81. The van der Waals surface area contributed by atoms with Gasteiger partial charge in [0.1, 0.15) is 0 Å². The number of fused-ring (bicyclic) bond motifs is 1. The number of benzene rings is 1. The van der Waals surface area contributed by atoms with E-state index in [1.807, 2.05) is 35.5 Å². The molecule has 7 heteroatoms.